The second-order valence-corrected chi connectivity index (χ2v) is 7.80. The molecule has 0 aliphatic heterocycles. The normalized spacial score (nSPS) is 10.9. The summed E-state index contributed by atoms with van der Waals surface area (Å²) in [6.45, 7) is 4.33. The highest BCUT2D eigenvalue weighted by molar-refractivity contribution is 7.99. The molecule has 3 aromatic rings. The largest absolute Gasteiger partial charge is 0.341 e. The molecule has 8 heteroatoms. The van der Waals surface area contributed by atoms with Crippen LogP contribution >= 0.6 is 23.4 Å². The third-order valence-corrected chi connectivity index (χ3v) is 5.47. The Bertz CT molecular complexity index is 1120. The van der Waals surface area contributed by atoms with Crippen LogP contribution in [0.4, 0.5) is 4.39 Å². The van der Waals surface area contributed by atoms with E-state index in [-0.39, 0.29) is 29.6 Å². The number of carbonyl (C=O) groups excluding carboxylic acids is 1. The smallest absolute Gasteiger partial charge is 0.262 e. The van der Waals surface area contributed by atoms with Crippen molar-refractivity contribution in [2.45, 2.75) is 18.2 Å². The van der Waals surface area contributed by atoms with E-state index in [2.05, 4.69) is 11.6 Å². The summed E-state index contributed by atoms with van der Waals surface area (Å²) in [5.41, 5.74) is 1.10. The van der Waals surface area contributed by atoms with Crippen LogP contribution in [0, 0.1) is 5.82 Å². The number of thioether (sulfide) groups is 1. The zero-order chi connectivity index (χ0) is 21.0. The van der Waals surface area contributed by atoms with Crippen LogP contribution in [-0.4, -0.2) is 33.2 Å². The highest BCUT2D eigenvalue weighted by atomic mass is 35.5. The molecule has 3 rings (SSSR count). The Morgan fingerprint density at radius 1 is 1.31 bits per heavy atom. The van der Waals surface area contributed by atoms with E-state index in [4.69, 9.17) is 11.6 Å². The molecule has 1 aromatic heterocycles. The van der Waals surface area contributed by atoms with Crippen molar-refractivity contribution < 1.29 is 9.18 Å². The molecule has 5 nitrogen and oxygen atoms in total. The number of nitrogens with zero attached hydrogens (tertiary/aromatic N) is 3. The Morgan fingerprint density at radius 2 is 2.03 bits per heavy atom. The first-order valence-electron chi connectivity index (χ1n) is 8.81. The third-order valence-electron chi connectivity index (χ3n) is 4.28. The molecule has 0 aliphatic carbocycles. The predicted molar refractivity (Wildman–Crippen MR) is 115 cm³/mol. The van der Waals surface area contributed by atoms with Gasteiger partial charge in [0.2, 0.25) is 5.91 Å². The first kappa shape index (κ1) is 21.1. The number of benzene rings is 2. The summed E-state index contributed by atoms with van der Waals surface area (Å²) >= 11 is 7.21. The van der Waals surface area contributed by atoms with Gasteiger partial charge in [-0.3, -0.25) is 14.2 Å². The lowest BCUT2D eigenvalue weighted by Gasteiger charge is -2.18. The molecule has 0 aliphatic rings. The Balaban J connectivity index is 1.78. The molecular formula is C21H19ClFN3O2S. The number of halogens is 2. The van der Waals surface area contributed by atoms with Crippen LogP contribution in [0.2, 0.25) is 5.02 Å². The van der Waals surface area contributed by atoms with Crippen molar-refractivity contribution in [3.8, 4) is 0 Å². The lowest BCUT2D eigenvalue weighted by molar-refractivity contribution is -0.127. The van der Waals surface area contributed by atoms with Crippen molar-refractivity contribution in [1.29, 1.82) is 0 Å². The quantitative estimate of drug-likeness (QED) is 0.321. The first-order chi connectivity index (χ1) is 13.9. The summed E-state index contributed by atoms with van der Waals surface area (Å²) in [6.07, 6.45) is 1.61. The van der Waals surface area contributed by atoms with Crippen molar-refractivity contribution in [3.63, 3.8) is 0 Å². The van der Waals surface area contributed by atoms with Crippen LogP contribution in [0.3, 0.4) is 0 Å². The Hall–Kier alpha value is -2.64. The van der Waals surface area contributed by atoms with Crippen LogP contribution < -0.4 is 5.56 Å². The fourth-order valence-electron chi connectivity index (χ4n) is 2.76. The van der Waals surface area contributed by atoms with Crippen LogP contribution in [0.1, 0.15) is 5.56 Å². The number of carbonyl (C=O) groups is 1. The van der Waals surface area contributed by atoms with E-state index in [0.29, 0.717) is 27.6 Å². The van der Waals surface area contributed by atoms with E-state index in [1.165, 1.54) is 28.5 Å². The summed E-state index contributed by atoms with van der Waals surface area (Å²) in [5.74, 6) is -0.348. The lowest BCUT2D eigenvalue weighted by Crippen LogP contribution is -2.28. The zero-order valence-corrected chi connectivity index (χ0v) is 17.3. The summed E-state index contributed by atoms with van der Waals surface area (Å²) in [7, 11) is 1.68. The van der Waals surface area contributed by atoms with Gasteiger partial charge in [0, 0.05) is 25.2 Å². The lowest BCUT2D eigenvalue weighted by atomic mass is 10.2. The summed E-state index contributed by atoms with van der Waals surface area (Å²) in [5, 5.41) is 1.37. The van der Waals surface area contributed by atoms with Gasteiger partial charge in [0.25, 0.3) is 5.56 Å². The van der Waals surface area contributed by atoms with Crippen molar-refractivity contribution in [1.82, 2.24) is 14.5 Å². The molecule has 29 heavy (non-hydrogen) atoms. The molecule has 0 fully saturated rings. The third kappa shape index (κ3) is 5.05. The van der Waals surface area contributed by atoms with Gasteiger partial charge in [0.15, 0.2) is 5.16 Å². The molecule has 2 aromatic carbocycles. The van der Waals surface area contributed by atoms with E-state index in [9.17, 15) is 14.0 Å². The van der Waals surface area contributed by atoms with Gasteiger partial charge in [0.05, 0.1) is 16.7 Å². The molecular weight excluding hydrogens is 413 g/mol. The molecule has 1 heterocycles. The maximum atomic E-state index is 13.0. The number of allylic oxidation sites excluding steroid dienone is 1. The Labute approximate surface area is 176 Å². The van der Waals surface area contributed by atoms with E-state index in [1.54, 1.807) is 48.4 Å². The van der Waals surface area contributed by atoms with Gasteiger partial charge >= 0.3 is 0 Å². The second kappa shape index (κ2) is 9.24. The minimum absolute atomic E-state index is 0.105. The SMILES string of the molecule is C=CCn1c(SCC(=O)N(C)Cc2ccc(F)cc2)nc2cc(Cl)ccc2c1=O. The molecule has 0 spiro atoms. The average Bonchev–Trinajstić information content (AvgIpc) is 2.70. The maximum Gasteiger partial charge on any atom is 0.262 e. The molecule has 1 amide bonds. The van der Waals surface area contributed by atoms with Crippen LogP contribution in [0.25, 0.3) is 10.9 Å². The number of aromatic nitrogens is 2. The Kier molecular flexibility index (Phi) is 6.71. The van der Waals surface area contributed by atoms with Gasteiger partial charge in [-0.2, -0.15) is 0 Å². The van der Waals surface area contributed by atoms with Gasteiger partial charge in [-0.25, -0.2) is 9.37 Å². The predicted octanol–water partition coefficient (Wildman–Crippen LogP) is 4.13. The van der Waals surface area contributed by atoms with E-state index in [1.807, 2.05) is 0 Å². The molecule has 0 atom stereocenters. The molecule has 0 unspecified atom stereocenters. The molecule has 0 radical (unpaired) electrons. The first-order valence-corrected chi connectivity index (χ1v) is 10.2. The van der Waals surface area contributed by atoms with Crippen LogP contribution in [0.5, 0.6) is 0 Å². The molecule has 0 N–H and O–H groups in total. The highest BCUT2D eigenvalue weighted by Crippen LogP contribution is 2.21. The number of hydrogen-bond donors (Lipinski definition) is 0. The molecule has 0 saturated carbocycles. The van der Waals surface area contributed by atoms with Gasteiger partial charge < -0.3 is 4.90 Å². The van der Waals surface area contributed by atoms with Gasteiger partial charge in [-0.15, -0.1) is 6.58 Å². The summed E-state index contributed by atoms with van der Waals surface area (Å²) in [6, 6.07) is 10.9. The highest BCUT2D eigenvalue weighted by Gasteiger charge is 2.15. The van der Waals surface area contributed by atoms with Gasteiger partial charge in [0.1, 0.15) is 5.82 Å². The molecule has 0 bridgehead atoms. The number of amides is 1. The van der Waals surface area contributed by atoms with Crippen LogP contribution in [0.15, 0.2) is 65.1 Å². The zero-order valence-electron chi connectivity index (χ0n) is 15.8. The number of rotatable bonds is 7. The second-order valence-electron chi connectivity index (χ2n) is 6.43. The topological polar surface area (TPSA) is 55.2 Å². The number of fused-ring (bicyclic) bond motifs is 1. The van der Waals surface area contributed by atoms with Crippen molar-refractivity contribution in [2.75, 3.05) is 12.8 Å². The van der Waals surface area contributed by atoms with E-state index >= 15 is 0 Å². The fraction of sp³-hybridized carbons (Fsp3) is 0.190. The maximum absolute atomic E-state index is 13.0. The minimum Gasteiger partial charge on any atom is -0.341 e. The monoisotopic (exact) mass is 431 g/mol. The molecule has 0 saturated heterocycles. The van der Waals surface area contributed by atoms with Crippen molar-refractivity contribution >= 4 is 40.2 Å². The van der Waals surface area contributed by atoms with E-state index in [0.717, 1.165) is 5.56 Å². The van der Waals surface area contributed by atoms with Crippen molar-refractivity contribution in [3.05, 3.63) is 81.9 Å². The Morgan fingerprint density at radius 3 is 2.72 bits per heavy atom. The minimum atomic E-state index is -0.319. The van der Waals surface area contributed by atoms with E-state index < -0.39 is 0 Å². The summed E-state index contributed by atoms with van der Waals surface area (Å²) < 4.78 is 14.5. The fourth-order valence-corrected chi connectivity index (χ4v) is 3.88. The van der Waals surface area contributed by atoms with Gasteiger partial charge in [-0.1, -0.05) is 41.6 Å². The number of hydrogen-bond acceptors (Lipinski definition) is 4. The molecule has 150 valence electrons. The van der Waals surface area contributed by atoms with Gasteiger partial charge in [-0.05, 0) is 35.9 Å². The standard InChI is InChI=1S/C21H19ClFN3O2S/c1-3-10-26-20(28)17-9-6-15(22)11-18(17)24-21(26)29-13-19(27)25(2)12-14-4-7-16(23)8-5-14/h3-9,11H,1,10,12-13H2,2H3. The van der Waals surface area contributed by atoms with Crippen molar-refractivity contribution in [2.24, 2.45) is 0 Å². The van der Waals surface area contributed by atoms with Crippen LogP contribution in [-0.2, 0) is 17.9 Å². The summed E-state index contributed by atoms with van der Waals surface area (Å²) in [4.78, 5) is 31.4. The average molecular weight is 432 g/mol.